The van der Waals surface area contributed by atoms with Crippen molar-refractivity contribution in [3.8, 4) is 0 Å². The van der Waals surface area contributed by atoms with Gasteiger partial charge < -0.3 is 35.7 Å². The van der Waals surface area contributed by atoms with Crippen LogP contribution < -0.4 is 16.4 Å². The molecule has 4 aromatic rings. The van der Waals surface area contributed by atoms with Crippen LogP contribution in [0.4, 0.5) is 0 Å². The number of hydrogen-bond donors (Lipinski definition) is 5. The van der Waals surface area contributed by atoms with Crippen molar-refractivity contribution in [2.24, 2.45) is 5.73 Å². The molecule has 0 saturated carbocycles. The van der Waals surface area contributed by atoms with Crippen LogP contribution >= 0.6 is 11.3 Å². The molecule has 0 aliphatic carbocycles. The number of fused-ring (bicyclic) bond motifs is 3. The number of nitrogens with two attached hydrogens (primary N) is 1. The van der Waals surface area contributed by atoms with E-state index in [-0.39, 0.29) is 43.2 Å². The number of carbonyl (C=O) groups is 3. The first kappa shape index (κ1) is 26.9. The van der Waals surface area contributed by atoms with E-state index in [2.05, 4.69) is 15.6 Å². The SMILES string of the molecule is C[C@@H](NC(=O)C1CC2(CN1C(=O)CNC(=O)c1ccc3[nH]c4ccccc4c3c1)OCCO2)c1cc(C(=N)N)cs1. The van der Waals surface area contributed by atoms with Gasteiger partial charge in [-0.25, -0.2) is 0 Å². The molecule has 2 aliphatic rings. The van der Waals surface area contributed by atoms with Crippen molar-refractivity contribution in [1.29, 1.82) is 5.41 Å². The summed E-state index contributed by atoms with van der Waals surface area (Å²) in [5.74, 6) is -2.24. The summed E-state index contributed by atoms with van der Waals surface area (Å²) in [6.07, 6.45) is 0.186. The Labute approximate surface area is 239 Å². The molecule has 2 fully saturated rings. The zero-order chi connectivity index (χ0) is 28.7. The number of aromatic nitrogens is 1. The topological polar surface area (TPSA) is 163 Å². The van der Waals surface area contributed by atoms with Crippen LogP contribution in [-0.2, 0) is 19.1 Å². The van der Waals surface area contributed by atoms with Gasteiger partial charge in [-0.3, -0.25) is 19.8 Å². The molecule has 4 heterocycles. The van der Waals surface area contributed by atoms with Gasteiger partial charge in [0, 0.05) is 49.6 Å². The second-order valence-electron chi connectivity index (χ2n) is 10.3. The molecule has 212 valence electrons. The lowest BCUT2D eigenvalue weighted by Crippen LogP contribution is -2.49. The number of nitrogens with one attached hydrogen (secondary N) is 4. The summed E-state index contributed by atoms with van der Waals surface area (Å²) < 4.78 is 11.6. The Kier molecular flexibility index (Phi) is 6.98. The average molecular weight is 575 g/mol. The monoisotopic (exact) mass is 574 g/mol. The van der Waals surface area contributed by atoms with Gasteiger partial charge in [-0.1, -0.05) is 18.2 Å². The Morgan fingerprint density at radius 3 is 2.63 bits per heavy atom. The second-order valence-corrected chi connectivity index (χ2v) is 11.3. The quantitative estimate of drug-likeness (QED) is 0.168. The van der Waals surface area contributed by atoms with E-state index in [4.69, 9.17) is 20.6 Å². The first-order valence-electron chi connectivity index (χ1n) is 13.3. The number of benzene rings is 2. The lowest BCUT2D eigenvalue weighted by Gasteiger charge is -2.25. The molecule has 2 aliphatic heterocycles. The van der Waals surface area contributed by atoms with E-state index in [0.717, 1.165) is 26.7 Å². The maximum absolute atomic E-state index is 13.4. The van der Waals surface area contributed by atoms with Gasteiger partial charge in [-0.15, -0.1) is 11.3 Å². The van der Waals surface area contributed by atoms with E-state index in [9.17, 15) is 14.4 Å². The third-order valence-electron chi connectivity index (χ3n) is 7.61. The number of amidine groups is 1. The molecule has 6 rings (SSSR count). The van der Waals surface area contributed by atoms with Crippen LogP contribution in [0.2, 0.25) is 0 Å². The number of para-hydroxylation sites is 1. The van der Waals surface area contributed by atoms with Crippen molar-refractivity contribution >= 4 is 56.7 Å². The molecule has 0 bridgehead atoms. The first-order chi connectivity index (χ1) is 19.7. The molecule has 6 N–H and O–H groups in total. The molecule has 3 amide bonds. The number of carbonyl (C=O) groups excluding carboxylic acids is 3. The standard InChI is InChI=1S/C29H30N6O5S/c1-16(24-11-18(14-41-24)26(30)31)33-28(38)23-12-29(39-8-9-40-29)15-35(23)25(36)13-32-27(37)17-6-7-22-20(10-17)19-4-2-3-5-21(19)34-22/h2-7,10-11,14,16,23,34H,8-9,12-13,15H2,1H3,(H3,30,31)(H,32,37)(H,33,38)/t16-,23?/m1/s1. The van der Waals surface area contributed by atoms with Crippen molar-refractivity contribution < 1.29 is 23.9 Å². The van der Waals surface area contributed by atoms with Crippen LogP contribution in [-0.4, -0.2) is 71.6 Å². The molecule has 41 heavy (non-hydrogen) atoms. The van der Waals surface area contributed by atoms with Gasteiger partial charge in [0.2, 0.25) is 11.8 Å². The van der Waals surface area contributed by atoms with Crippen molar-refractivity contribution in [2.45, 2.75) is 31.2 Å². The third kappa shape index (κ3) is 5.17. The van der Waals surface area contributed by atoms with Crippen LogP contribution in [0.15, 0.2) is 53.9 Å². The molecule has 1 unspecified atom stereocenters. The highest BCUT2D eigenvalue weighted by atomic mass is 32.1. The van der Waals surface area contributed by atoms with E-state index in [1.807, 2.05) is 37.3 Å². The zero-order valence-electron chi connectivity index (χ0n) is 22.4. The molecule has 12 heteroatoms. The van der Waals surface area contributed by atoms with Gasteiger partial charge in [0.15, 0.2) is 5.79 Å². The summed E-state index contributed by atoms with van der Waals surface area (Å²) in [5, 5.41) is 17.0. The fraction of sp³-hybridized carbons (Fsp3) is 0.310. The molecule has 2 aromatic carbocycles. The molecule has 1 spiro atoms. The summed E-state index contributed by atoms with van der Waals surface area (Å²) >= 11 is 1.39. The highest BCUT2D eigenvalue weighted by Crippen LogP contribution is 2.35. The Morgan fingerprint density at radius 1 is 1.12 bits per heavy atom. The van der Waals surface area contributed by atoms with E-state index in [1.165, 1.54) is 16.2 Å². The minimum absolute atomic E-state index is 0.0421. The number of aromatic amines is 1. The molecule has 11 nitrogen and oxygen atoms in total. The highest BCUT2D eigenvalue weighted by Gasteiger charge is 2.52. The third-order valence-corrected chi connectivity index (χ3v) is 8.73. The number of ether oxygens (including phenoxy) is 2. The predicted octanol–water partition coefficient (Wildman–Crippen LogP) is 2.62. The Morgan fingerprint density at radius 2 is 1.88 bits per heavy atom. The average Bonchev–Trinajstić information content (AvgIpc) is 3.77. The Balaban J connectivity index is 1.15. The van der Waals surface area contributed by atoms with Crippen LogP contribution in [0.25, 0.3) is 21.8 Å². The highest BCUT2D eigenvalue weighted by molar-refractivity contribution is 7.10. The molecule has 0 radical (unpaired) electrons. The van der Waals surface area contributed by atoms with Crippen LogP contribution in [0.1, 0.15) is 40.2 Å². The van der Waals surface area contributed by atoms with Gasteiger partial charge >= 0.3 is 0 Å². The molecular weight excluding hydrogens is 544 g/mol. The molecular formula is C29H30N6O5S. The van der Waals surface area contributed by atoms with Gasteiger partial charge in [-0.2, -0.15) is 0 Å². The maximum atomic E-state index is 13.4. The summed E-state index contributed by atoms with van der Waals surface area (Å²) in [6.45, 7) is 2.39. The number of amides is 3. The minimum atomic E-state index is -1.05. The molecule has 2 atom stereocenters. The van der Waals surface area contributed by atoms with E-state index in [0.29, 0.717) is 24.3 Å². The number of nitrogens with zero attached hydrogens (tertiary/aromatic N) is 1. The van der Waals surface area contributed by atoms with Crippen molar-refractivity contribution in [1.82, 2.24) is 20.5 Å². The minimum Gasteiger partial charge on any atom is -0.384 e. The maximum Gasteiger partial charge on any atom is 0.251 e. The van der Waals surface area contributed by atoms with E-state index < -0.39 is 17.7 Å². The van der Waals surface area contributed by atoms with Gasteiger partial charge in [0.05, 0.1) is 32.3 Å². The predicted molar refractivity (Wildman–Crippen MR) is 155 cm³/mol. The smallest absolute Gasteiger partial charge is 0.251 e. The fourth-order valence-electron chi connectivity index (χ4n) is 5.49. The summed E-state index contributed by atoms with van der Waals surface area (Å²) in [4.78, 5) is 45.4. The largest absolute Gasteiger partial charge is 0.384 e. The molecule has 2 aromatic heterocycles. The summed E-state index contributed by atoms with van der Waals surface area (Å²) in [6, 6.07) is 13.8. The van der Waals surface area contributed by atoms with Crippen LogP contribution in [0.5, 0.6) is 0 Å². The first-order valence-corrected chi connectivity index (χ1v) is 14.2. The fourth-order valence-corrected chi connectivity index (χ4v) is 6.41. The summed E-state index contributed by atoms with van der Waals surface area (Å²) in [5.41, 5.74) is 8.49. The number of hydrogen-bond acceptors (Lipinski definition) is 7. The van der Waals surface area contributed by atoms with Crippen LogP contribution in [0.3, 0.4) is 0 Å². The Bertz CT molecular complexity index is 1670. The molecule has 2 saturated heterocycles. The number of H-pyrrole nitrogens is 1. The van der Waals surface area contributed by atoms with Gasteiger partial charge in [0.1, 0.15) is 11.9 Å². The second kappa shape index (κ2) is 10.6. The van der Waals surface area contributed by atoms with Crippen LogP contribution in [0, 0.1) is 5.41 Å². The number of rotatable bonds is 7. The lowest BCUT2D eigenvalue weighted by molar-refractivity contribution is -0.152. The van der Waals surface area contributed by atoms with Crippen molar-refractivity contribution in [3.05, 3.63) is 69.9 Å². The van der Waals surface area contributed by atoms with E-state index in [1.54, 1.807) is 23.6 Å². The van der Waals surface area contributed by atoms with Crippen molar-refractivity contribution in [3.63, 3.8) is 0 Å². The lowest BCUT2D eigenvalue weighted by atomic mass is 10.1. The number of thiophene rings is 1. The zero-order valence-corrected chi connectivity index (χ0v) is 23.2. The summed E-state index contributed by atoms with van der Waals surface area (Å²) in [7, 11) is 0. The Hall–Kier alpha value is -4.26. The van der Waals surface area contributed by atoms with E-state index >= 15 is 0 Å². The normalized spacial score (nSPS) is 18.7. The van der Waals surface area contributed by atoms with Gasteiger partial charge in [0.25, 0.3) is 5.91 Å². The number of likely N-dealkylation sites (tertiary alicyclic amines) is 1. The number of nitrogen functional groups attached to an aromatic ring is 1. The van der Waals surface area contributed by atoms with Crippen molar-refractivity contribution in [2.75, 3.05) is 26.3 Å². The van der Waals surface area contributed by atoms with Gasteiger partial charge in [-0.05, 0) is 37.3 Å².